The summed E-state index contributed by atoms with van der Waals surface area (Å²) in [5.41, 5.74) is 8.69. The molecule has 7 nitrogen and oxygen atoms in total. The maximum absolute atomic E-state index is 14.0. The first-order chi connectivity index (χ1) is 18.3. The Balaban J connectivity index is 1.44. The minimum atomic E-state index is -0.560. The van der Waals surface area contributed by atoms with Crippen LogP contribution in [-0.2, 0) is 17.6 Å². The Morgan fingerprint density at radius 2 is 1.82 bits per heavy atom. The van der Waals surface area contributed by atoms with Crippen molar-refractivity contribution in [2.24, 2.45) is 0 Å². The molecule has 2 N–H and O–H groups in total. The zero-order chi connectivity index (χ0) is 26.8. The number of hydrogen-bond donors (Lipinski definition) is 2. The number of rotatable bonds is 5. The van der Waals surface area contributed by atoms with Gasteiger partial charge in [-0.15, -0.1) is 11.3 Å². The monoisotopic (exact) mass is 550 g/mol. The van der Waals surface area contributed by atoms with Crippen molar-refractivity contribution >= 4 is 45.1 Å². The predicted molar refractivity (Wildman–Crippen MR) is 149 cm³/mol. The SMILES string of the molecule is Cc1ccc(-n2c(SCC(=O)NNC(=O)c3ccc(F)cc3)nc3sc4c(c3c2=O)CCCCC4)c(C)c1. The third-order valence-corrected chi connectivity index (χ3v) is 8.68. The van der Waals surface area contributed by atoms with E-state index in [0.717, 1.165) is 66.2 Å². The van der Waals surface area contributed by atoms with Gasteiger partial charge in [-0.3, -0.25) is 29.8 Å². The lowest BCUT2D eigenvalue weighted by atomic mass is 10.1. The van der Waals surface area contributed by atoms with Gasteiger partial charge in [0, 0.05) is 10.4 Å². The Morgan fingerprint density at radius 1 is 1.05 bits per heavy atom. The van der Waals surface area contributed by atoms with Crippen molar-refractivity contribution in [3.63, 3.8) is 0 Å². The summed E-state index contributed by atoms with van der Waals surface area (Å²) in [5, 5.41) is 1.11. The normalized spacial score (nSPS) is 13.1. The Kier molecular flexibility index (Phi) is 7.62. The Labute approximate surface area is 227 Å². The molecule has 0 radical (unpaired) electrons. The Hall–Kier alpha value is -3.50. The van der Waals surface area contributed by atoms with Gasteiger partial charge >= 0.3 is 0 Å². The lowest BCUT2D eigenvalue weighted by molar-refractivity contribution is -0.119. The number of fused-ring (bicyclic) bond motifs is 3. The second-order valence-electron chi connectivity index (χ2n) is 9.37. The van der Waals surface area contributed by atoms with Crippen LogP contribution in [0, 0.1) is 19.7 Å². The molecule has 0 unspecified atom stereocenters. The van der Waals surface area contributed by atoms with Crippen LogP contribution in [-0.4, -0.2) is 27.1 Å². The van der Waals surface area contributed by atoms with Crippen molar-refractivity contribution in [2.45, 2.75) is 51.1 Å². The summed E-state index contributed by atoms with van der Waals surface area (Å²) in [5.74, 6) is -1.55. The summed E-state index contributed by atoms with van der Waals surface area (Å²) < 4.78 is 14.7. The van der Waals surface area contributed by atoms with Gasteiger partial charge in [0.1, 0.15) is 10.6 Å². The molecule has 0 bridgehead atoms. The predicted octanol–water partition coefficient (Wildman–Crippen LogP) is 5.03. The molecule has 0 spiro atoms. The van der Waals surface area contributed by atoms with Crippen LogP contribution >= 0.6 is 23.1 Å². The zero-order valence-corrected chi connectivity index (χ0v) is 22.7. The van der Waals surface area contributed by atoms with E-state index in [1.807, 2.05) is 32.0 Å². The number of benzene rings is 2. The van der Waals surface area contributed by atoms with E-state index in [2.05, 4.69) is 10.9 Å². The maximum atomic E-state index is 14.0. The number of hydrogen-bond acceptors (Lipinski definition) is 6. The van der Waals surface area contributed by atoms with E-state index in [0.29, 0.717) is 15.4 Å². The van der Waals surface area contributed by atoms with Gasteiger partial charge in [-0.05, 0) is 81.0 Å². The highest BCUT2D eigenvalue weighted by atomic mass is 32.2. The number of carbonyl (C=O) groups excluding carboxylic acids is 2. The van der Waals surface area contributed by atoms with Crippen LogP contribution in [0.2, 0.25) is 0 Å². The van der Waals surface area contributed by atoms with Gasteiger partial charge in [0.15, 0.2) is 5.16 Å². The van der Waals surface area contributed by atoms with Crippen LogP contribution in [0.25, 0.3) is 15.9 Å². The smallest absolute Gasteiger partial charge is 0.269 e. The molecule has 2 amide bonds. The van der Waals surface area contributed by atoms with Crippen LogP contribution < -0.4 is 16.4 Å². The first kappa shape index (κ1) is 26.1. The minimum absolute atomic E-state index is 0.0718. The minimum Gasteiger partial charge on any atom is -0.272 e. The average molecular weight is 551 g/mol. The number of thioether (sulfide) groups is 1. The molecule has 196 valence electrons. The van der Waals surface area contributed by atoms with Crippen molar-refractivity contribution in [1.29, 1.82) is 0 Å². The first-order valence-corrected chi connectivity index (χ1v) is 14.2. The molecule has 10 heteroatoms. The van der Waals surface area contributed by atoms with Crippen LogP contribution in [0.15, 0.2) is 52.4 Å². The van der Waals surface area contributed by atoms with E-state index in [9.17, 15) is 18.8 Å². The summed E-state index contributed by atoms with van der Waals surface area (Å²) >= 11 is 2.71. The number of nitrogens with zero attached hydrogens (tertiary/aromatic N) is 2. The number of amides is 2. The molecule has 0 saturated carbocycles. The Bertz CT molecular complexity index is 1590. The summed E-state index contributed by atoms with van der Waals surface area (Å²) in [6.45, 7) is 3.96. The number of aromatic nitrogens is 2. The van der Waals surface area contributed by atoms with Gasteiger partial charge in [-0.1, -0.05) is 35.9 Å². The standard InChI is InChI=1S/C28H27FN4O3S2/c1-16-8-13-21(17(2)14-16)33-27(36)24-20-6-4-3-5-7-22(20)38-26(24)30-28(33)37-15-23(34)31-32-25(35)18-9-11-19(29)12-10-18/h8-14H,3-7,15H2,1-2H3,(H,31,34)(H,32,35). The number of halogens is 1. The zero-order valence-electron chi connectivity index (χ0n) is 21.1. The van der Waals surface area contributed by atoms with Crippen molar-refractivity contribution < 1.29 is 14.0 Å². The van der Waals surface area contributed by atoms with Crippen LogP contribution in [0.4, 0.5) is 4.39 Å². The first-order valence-electron chi connectivity index (χ1n) is 12.4. The molecule has 1 aliphatic rings. The lowest BCUT2D eigenvalue weighted by Crippen LogP contribution is -2.42. The molecule has 0 atom stereocenters. The molecule has 5 rings (SSSR count). The fraction of sp³-hybridized carbons (Fsp3) is 0.286. The second-order valence-corrected chi connectivity index (χ2v) is 11.4. The summed E-state index contributed by atoms with van der Waals surface area (Å²) in [4.78, 5) is 45.7. The number of thiophene rings is 1. The van der Waals surface area contributed by atoms with Crippen molar-refractivity contribution in [3.8, 4) is 5.69 Å². The van der Waals surface area contributed by atoms with Crippen LogP contribution in [0.5, 0.6) is 0 Å². The van der Waals surface area contributed by atoms with Gasteiger partial charge in [-0.25, -0.2) is 9.37 Å². The van der Waals surface area contributed by atoms with Crippen LogP contribution in [0.1, 0.15) is 51.2 Å². The summed E-state index contributed by atoms with van der Waals surface area (Å²) in [7, 11) is 0. The van der Waals surface area contributed by atoms with E-state index in [1.165, 1.54) is 29.1 Å². The lowest BCUT2D eigenvalue weighted by Gasteiger charge is -2.15. The highest BCUT2D eigenvalue weighted by molar-refractivity contribution is 7.99. The highest BCUT2D eigenvalue weighted by Crippen LogP contribution is 2.35. The van der Waals surface area contributed by atoms with E-state index < -0.39 is 17.6 Å². The van der Waals surface area contributed by atoms with Gasteiger partial charge in [0.2, 0.25) is 5.91 Å². The molecule has 0 aliphatic heterocycles. The number of aryl methyl sites for hydroxylation is 4. The molecule has 0 saturated heterocycles. The van der Waals surface area contributed by atoms with Gasteiger partial charge in [0.25, 0.3) is 11.5 Å². The Morgan fingerprint density at radius 3 is 2.58 bits per heavy atom. The third kappa shape index (κ3) is 5.37. The molecule has 1 aliphatic carbocycles. The maximum Gasteiger partial charge on any atom is 0.269 e. The van der Waals surface area contributed by atoms with E-state index in [1.54, 1.807) is 15.9 Å². The van der Waals surface area contributed by atoms with Crippen LogP contribution in [0.3, 0.4) is 0 Å². The van der Waals surface area contributed by atoms with Crippen molar-refractivity contribution in [3.05, 3.63) is 85.8 Å². The molecular weight excluding hydrogens is 523 g/mol. The number of carbonyl (C=O) groups is 2. The van der Waals surface area contributed by atoms with E-state index >= 15 is 0 Å². The molecule has 2 heterocycles. The second kappa shape index (κ2) is 11.1. The topological polar surface area (TPSA) is 93.1 Å². The fourth-order valence-electron chi connectivity index (χ4n) is 4.69. The third-order valence-electron chi connectivity index (χ3n) is 6.56. The molecule has 2 aromatic heterocycles. The molecule has 0 fully saturated rings. The average Bonchev–Trinajstić information content (AvgIpc) is 3.08. The van der Waals surface area contributed by atoms with Gasteiger partial charge < -0.3 is 0 Å². The fourth-order valence-corrected chi connectivity index (χ4v) is 6.80. The van der Waals surface area contributed by atoms with Gasteiger partial charge in [0.05, 0.1) is 16.8 Å². The van der Waals surface area contributed by atoms with E-state index in [4.69, 9.17) is 4.98 Å². The largest absolute Gasteiger partial charge is 0.272 e. The molecule has 4 aromatic rings. The molecule has 2 aromatic carbocycles. The quantitative estimate of drug-likeness (QED) is 0.157. The molecular formula is C28H27FN4O3S2. The summed E-state index contributed by atoms with van der Waals surface area (Å²) in [6, 6.07) is 10.9. The molecule has 38 heavy (non-hydrogen) atoms. The summed E-state index contributed by atoms with van der Waals surface area (Å²) in [6.07, 6.45) is 5.15. The van der Waals surface area contributed by atoms with Crippen molar-refractivity contribution in [1.82, 2.24) is 20.4 Å². The van der Waals surface area contributed by atoms with Gasteiger partial charge in [-0.2, -0.15) is 0 Å². The highest BCUT2D eigenvalue weighted by Gasteiger charge is 2.23. The van der Waals surface area contributed by atoms with Crippen molar-refractivity contribution in [2.75, 3.05) is 5.75 Å². The number of nitrogens with one attached hydrogen (secondary N) is 2. The van der Waals surface area contributed by atoms with E-state index in [-0.39, 0.29) is 16.9 Å². The number of hydrazine groups is 1.